The Morgan fingerprint density at radius 3 is 2.66 bits per heavy atom. The molecule has 0 radical (unpaired) electrons. The number of nitrogens with two attached hydrogens (primary N) is 1. The first kappa shape index (κ1) is 20.4. The fraction of sp³-hybridized carbons (Fsp3) is 0.542. The molecule has 0 aliphatic heterocycles. The van der Waals surface area contributed by atoms with Crippen molar-refractivity contribution in [2.45, 2.75) is 65.1 Å². The van der Waals surface area contributed by atoms with Gasteiger partial charge in [-0.15, -0.1) is 11.3 Å². The summed E-state index contributed by atoms with van der Waals surface area (Å²) in [6.07, 6.45) is 4.73. The molecule has 1 spiro atoms. The molecule has 2 aliphatic carbocycles. The summed E-state index contributed by atoms with van der Waals surface area (Å²) in [7, 11) is 0. The molecule has 5 heteroatoms. The average Bonchev–Trinajstić information content (AvgIpc) is 3.03. The molecule has 4 nitrogen and oxygen atoms in total. The number of hydrogen-bond donors (Lipinski definition) is 2. The molecule has 29 heavy (non-hydrogen) atoms. The minimum atomic E-state index is -0.350. The van der Waals surface area contributed by atoms with Crippen molar-refractivity contribution < 1.29 is 14.6 Å². The number of benzene rings is 1. The van der Waals surface area contributed by atoms with Crippen LogP contribution in [0.2, 0.25) is 0 Å². The van der Waals surface area contributed by atoms with Crippen LogP contribution in [-0.4, -0.2) is 23.2 Å². The molecule has 0 unspecified atom stereocenters. The predicted molar refractivity (Wildman–Crippen MR) is 116 cm³/mol. The van der Waals surface area contributed by atoms with Crippen molar-refractivity contribution in [3.63, 3.8) is 0 Å². The van der Waals surface area contributed by atoms with E-state index in [0.717, 1.165) is 37.9 Å². The van der Waals surface area contributed by atoms with Crippen LogP contribution >= 0.6 is 11.3 Å². The van der Waals surface area contributed by atoms with Crippen LogP contribution in [0.4, 0.5) is 0 Å². The molecule has 1 aromatic heterocycles. The molecule has 5 atom stereocenters. The van der Waals surface area contributed by atoms with Crippen LogP contribution in [-0.2, 0) is 6.42 Å². The van der Waals surface area contributed by atoms with E-state index in [-0.39, 0.29) is 23.5 Å². The van der Waals surface area contributed by atoms with Crippen LogP contribution in [0.25, 0.3) is 0 Å². The number of primary amides is 1. The maximum atomic E-state index is 11.3. The Morgan fingerprint density at radius 1 is 1.28 bits per heavy atom. The van der Waals surface area contributed by atoms with Crippen LogP contribution in [0.1, 0.15) is 58.3 Å². The van der Waals surface area contributed by atoms with Crippen molar-refractivity contribution in [3.05, 3.63) is 51.2 Å². The number of ether oxygens (including phenoxy) is 1. The van der Waals surface area contributed by atoms with Gasteiger partial charge in [-0.1, -0.05) is 13.0 Å². The van der Waals surface area contributed by atoms with Crippen molar-refractivity contribution in [3.8, 4) is 5.75 Å². The van der Waals surface area contributed by atoms with Gasteiger partial charge in [-0.05, 0) is 93.2 Å². The predicted octanol–water partition coefficient (Wildman–Crippen LogP) is 4.64. The van der Waals surface area contributed by atoms with E-state index in [2.05, 4.69) is 39.0 Å². The van der Waals surface area contributed by atoms with Gasteiger partial charge in [0.25, 0.3) is 5.91 Å². The molecule has 0 bridgehead atoms. The smallest absolute Gasteiger partial charge is 0.258 e. The maximum absolute atomic E-state index is 11.3. The second-order valence-corrected chi connectivity index (χ2v) is 10.3. The first-order valence-corrected chi connectivity index (χ1v) is 11.4. The van der Waals surface area contributed by atoms with Gasteiger partial charge >= 0.3 is 0 Å². The van der Waals surface area contributed by atoms with Crippen LogP contribution < -0.4 is 10.5 Å². The molecule has 2 aromatic rings. The molecule has 2 fully saturated rings. The second-order valence-electron chi connectivity index (χ2n) is 9.10. The van der Waals surface area contributed by atoms with E-state index in [1.165, 1.54) is 27.3 Å². The summed E-state index contributed by atoms with van der Waals surface area (Å²) >= 11 is 1.50. The zero-order valence-corrected chi connectivity index (χ0v) is 18.3. The quantitative estimate of drug-likeness (QED) is 0.694. The average molecular weight is 414 g/mol. The summed E-state index contributed by atoms with van der Waals surface area (Å²) in [5.74, 6) is 1.55. The molecule has 4 rings (SSSR count). The Bertz CT molecular complexity index is 887. The molecule has 156 valence electrons. The molecule has 3 N–H and O–H groups in total. The van der Waals surface area contributed by atoms with Gasteiger partial charge in [0, 0.05) is 10.3 Å². The number of aliphatic hydroxyl groups is 1. The molecular weight excluding hydrogens is 382 g/mol. The molecule has 2 saturated carbocycles. The Labute approximate surface area is 177 Å². The van der Waals surface area contributed by atoms with E-state index in [4.69, 9.17) is 10.5 Å². The van der Waals surface area contributed by atoms with Crippen molar-refractivity contribution in [1.82, 2.24) is 0 Å². The number of hydrogen-bond acceptors (Lipinski definition) is 4. The van der Waals surface area contributed by atoms with E-state index < -0.39 is 0 Å². The van der Waals surface area contributed by atoms with E-state index in [9.17, 15) is 9.90 Å². The Morgan fingerprint density at radius 2 is 2.00 bits per heavy atom. The maximum Gasteiger partial charge on any atom is 0.258 e. The number of rotatable bonds is 7. The summed E-state index contributed by atoms with van der Waals surface area (Å²) in [5.41, 5.74) is 7.68. The Balaban J connectivity index is 1.40. The minimum Gasteiger partial charge on any atom is -0.490 e. The highest BCUT2D eigenvalue weighted by Crippen LogP contribution is 2.65. The molecule has 1 amide bonds. The van der Waals surface area contributed by atoms with Gasteiger partial charge in [-0.25, -0.2) is 0 Å². The fourth-order valence-corrected chi connectivity index (χ4v) is 6.43. The topological polar surface area (TPSA) is 72.6 Å². The first-order valence-electron chi connectivity index (χ1n) is 10.6. The van der Waals surface area contributed by atoms with Gasteiger partial charge in [0.1, 0.15) is 11.9 Å². The molecule has 1 heterocycles. The lowest BCUT2D eigenvalue weighted by Crippen LogP contribution is -2.28. The standard InChI is InChI=1S/C24H31NO3S/c1-14-9-15(2)11-17(10-14)28-22-13-24(22)19(16(3)12-21(24)26)6-4-5-18-7-8-20(29-18)23(25)27/h7-11,16,19,21-22,26H,4-6,12-13H2,1-3H3,(H2,25,27)/t16-,19+,21-,22-,24-/m1/s1. The fourth-order valence-electron chi connectivity index (χ4n) is 5.53. The minimum absolute atomic E-state index is 0.0924. The van der Waals surface area contributed by atoms with E-state index in [1.807, 2.05) is 12.1 Å². The van der Waals surface area contributed by atoms with Gasteiger partial charge in [0.2, 0.25) is 0 Å². The van der Waals surface area contributed by atoms with Gasteiger partial charge in [0.15, 0.2) is 0 Å². The van der Waals surface area contributed by atoms with Crippen molar-refractivity contribution in [2.24, 2.45) is 23.0 Å². The second kappa shape index (κ2) is 7.77. The summed E-state index contributed by atoms with van der Waals surface area (Å²) in [4.78, 5) is 13.1. The largest absolute Gasteiger partial charge is 0.490 e. The SMILES string of the molecule is Cc1cc(C)cc(O[C@@H]2C[C@@]23[C@H](O)C[C@@H](C)[C@@H]3CCCc2ccc(C(N)=O)s2)c1. The van der Waals surface area contributed by atoms with Crippen LogP contribution in [0.5, 0.6) is 5.75 Å². The normalized spacial score (nSPS) is 30.6. The number of carbonyl (C=O) groups excluding carboxylic acids is 1. The highest BCUT2D eigenvalue weighted by molar-refractivity contribution is 7.14. The van der Waals surface area contributed by atoms with E-state index >= 15 is 0 Å². The number of carbonyl (C=O) groups is 1. The monoisotopic (exact) mass is 413 g/mol. The van der Waals surface area contributed by atoms with Crippen LogP contribution in [0.15, 0.2) is 30.3 Å². The third-order valence-corrected chi connectivity index (χ3v) is 8.05. The van der Waals surface area contributed by atoms with E-state index in [1.54, 1.807) is 0 Å². The lowest BCUT2D eigenvalue weighted by Gasteiger charge is -2.25. The van der Waals surface area contributed by atoms with Gasteiger partial charge in [0.05, 0.1) is 11.0 Å². The highest BCUT2D eigenvalue weighted by atomic mass is 32.1. The van der Waals surface area contributed by atoms with Crippen molar-refractivity contribution in [2.75, 3.05) is 0 Å². The molecule has 2 aliphatic rings. The summed E-state index contributed by atoms with van der Waals surface area (Å²) in [6, 6.07) is 10.2. The Hall–Kier alpha value is -1.85. The first-order chi connectivity index (χ1) is 13.8. The number of aliphatic hydroxyl groups excluding tert-OH is 1. The third kappa shape index (κ3) is 3.95. The zero-order chi connectivity index (χ0) is 20.8. The van der Waals surface area contributed by atoms with Crippen LogP contribution in [0.3, 0.4) is 0 Å². The van der Waals surface area contributed by atoms with Crippen molar-refractivity contribution >= 4 is 17.2 Å². The lowest BCUT2D eigenvalue weighted by atomic mass is 9.82. The summed E-state index contributed by atoms with van der Waals surface area (Å²) in [5, 5.41) is 10.9. The van der Waals surface area contributed by atoms with Gasteiger partial charge < -0.3 is 15.6 Å². The van der Waals surface area contributed by atoms with Gasteiger partial charge in [-0.2, -0.15) is 0 Å². The summed E-state index contributed by atoms with van der Waals surface area (Å²) < 4.78 is 6.36. The molecular formula is C24H31NO3S. The number of aryl methyl sites for hydroxylation is 3. The number of amides is 1. The molecule has 0 saturated heterocycles. The number of thiophene rings is 1. The van der Waals surface area contributed by atoms with Crippen LogP contribution in [0, 0.1) is 31.1 Å². The molecule has 1 aromatic carbocycles. The van der Waals surface area contributed by atoms with Gasteiger partial charge in [-0.3, -0.25) is 4.79 Å². The highest BCUT2D eigenvalue weighted by Gasteiger charge is 2.69. The lowest BCUT2D eigenvalue weighted by molar-refractivity contribution is 0.0664. The van der Waals surface area contributed by atoms with E-state index in [0.29, 0.717) is 16.7 Å². The third-order valence-electron chi connectivity index (χ3n) is 6.89. The Kier molecular flexibility index (Phi) is 5.47. The summed E-state index contributed by atoms with van der Waals surface area (Å²) in [6.45, 7) is 6.45. The van der Waals surface area contributed by atoms with Crippen molar-refractivity contribution in [1.29, 1.82) is 0 Å². The zero-order valence-electron chi connectivity index (χ0n) is 17.5.